The SMILES string of the molecule is CCCNCCCC(C)Oc1cccc(C)c1. The lowest BCUT2D eigenvalue weighted by atomic mass is 10.2. The molecule has 1 rings (SSSR count). The van der Waals surface area contributed by atoms with Crippen molar-refractivity contribution in [3.63, 3.8) is 0 Å². The zero-order valence-electron chi connectivity index (χ0n) is 11.3. The number of rotatable bonds is 8. The van der Waals surface area contributed by atoms with Gasteiger partial charge >= 0.3 is 0 Å². The molecule has 0 aromatic heterocycles. The third kappa shape index (κ3) is 6.32. The third-order valence-electron chi connectivity index (χ3n) is 2.72. The third-order valence-corrected chi connectivity index (χ3v) is 2.72. The maximum Gasteiger partial charge on any atom is 0.119 e. The van der Waals surface area contributed by atoms with Gasteiger partial charge in [0.2, 0.25) is 0 Å². The summed E-state index contributed by atoms with van der Waals surface area (Å²) in [5.74, 6) is 0.985. The van der Waals surface area contributed by atoms with E-state index in [0.717, 1.165) is 25.3 Å². The monoisotopic (exact) mass is 235 g/mol. The van der Waals surface area contributed by atoms with Gasteiger partial charge in [0.05, 0.1) is 6.10 Å². The molecule has 1 atom stereocenters. The Hall–Kier alpha value is -1.02. The van der Waals surface area contributed by atoms with E-state index >= 15 is 0 Å². The van der Waals surface area contributed by atoms with Gasteiger partial charge in [-0.05, 0) is 63.9 Å². The second-order valence-electron chi connectivity index (χ2n) is 4.64. The highest BCUT2D eigenvalue weighted by Gasteiger charge is 2.03. The Labute approximate surface area is 105 Å². The number of aryl methyl sites for hydroxylation is 1. The lowest BCUT2D eigenvalue weighted by Gasteiger charge is -2.15. The smallest absolute Gasteiger partial charge is 0.119 e. The summed E-state index contributed by atoms with van der Waals surface area (Å²) < 4.78 is 5.87. The van der Waals surface area contributed by atoms with Crippen molar-refractivity contribution in [2.45, 2.75) is 46.1 Å². The summed E-state index contributed by atoms with van der Waals surface area (Å²) in [6.45, 7) is 8.63. The molecule has 0 bridgehead atoms. The van der Waals surface area contributed by atoms with Crippen LogP contribution in [0.1, 0.15) is 38.7 Å². The van der Waals surface area contributed by atoms with E-state index < -0.39 is 0 Å². The van der Waals surface area contributed by atoms with E-state index in [9.17, 15) is 0 Å². The highest BCUT2D eigenvalue weighted by molar-refractivity contribution is 5.27. The molecule has 2 nitrogen and oxygen atoms in total. The fourth-order valence-corrected chi connectivity index (χ4v) is 1.80. The van der Waals surface area contributed by atoms with Crippen LogP contribution in [-0.2, 0) is 0 Å². The second-order valence-corrected chi connectivity index (χ2v) is 4.64. The lowest BCUT2D eigenvalue weighted by molar-refractivity contribution is 0.207. The van der Waals surface area contributed by atoms with E-state index in [1.165, 1.54) is 18.4 Å². The predicted octanol–water partition coefficient (Wildman–Crippen LogP) is 3.54. The maximum atomic E-state index is 5.87. The Morgan fingerprint density at radius 1 is 1.29 bits per heavy atom. The zero-order valence-corrected chi connectivity index (χ0v) is 11.3. The van der Waals surface area contributed by atoms with Crippen molar-refractivity contribution in [1.82, 2.24) is 5.32 Å². The van der Waals surface area contributed by atoms with Gasteiger partial charge < -0.3 is 10.1 Å². The van der Waals surface area contributed by atoms with E-state index in [1.807, 2.05) is 12.1 Å². The Morgan fingerprint density at radius 3 is 2.82 bits per heavy atom. The molecule has 1 unspecified atom stereocenters. The van der Waals surface area contributed by atoms with Gasteiger partial charge in [-0.2, -0.15) is 0 Å². The van der Waals surface area contributed by atoms with Crippen molar-refractivity contribution in [2.24, 2.45) is 0 Å². The van der Waals surface area contributed by atoms with Crippen LogP contribution in [0.5, 0.6) is 5.75 Å². The first kappa shape index (κ1) is 14.0. The fourth-order valence-electron chi connectivity index (χ4n) is 1.80. The molecule has 0 heterocycles. The molecule has 96 valence electrons. The molecule has 1 N–H and O–H groups in total. The normalized spacial score (nSPS) is 12.4. The Balaban J connectivity index is 2.18. The van der Waals surface area contributed by atoms with Crippen LogP contribution in [0.2, 0.25) is 0 Å². The molecule has 0 saturated carbocycles. The number of ether oxygens (including phenoxy) is 1. The maximum absolute atomic E-state index is 5.87. The van der Waals surface area contributed by atoms with Gasteiger partial charge in [0, 0.05) is 0 Å². The summed E-state index contributed by atoms with van der Waals surface area (Å²) in [5.41, 5.74) is 1.25. The van der Waals surface area contributed by atoms with Crippen LogP contribution < -0.4 is 10.1 Å². The summed E-state index contributed by atoms with van der Waals surface area (Å²) in [5, 5.41) is 3.41. The van der Waals surface area contributed by atoms with Crippen molar-refractivity contribution in [2.75, 3.05) is 13.1 Å². The van der Waals surface area contributed by atoms with Crippen molar-refractivity contribution < 1.29 is 4.74 Å². The summed E-state index contributed by atoms with van der Waals surface area (Å²) in [4.78, 5) is 0. The lowest BCUT2D eigenvalue weighted by Crippen LogP contribution is -2.19. The first-order valence-corrected chi connectivity index (χ1v) is 6.66. The molecule has 0 aliphatic heterocycles. The van der Waals surface area contributed by atoms with Gasteiger partial charge in [0.15, 0.2) is 0 Å². The quantitative estimate of drug-likeness (QED) is 0.696. The summed E-state index contributed by atoms with van der Waals surface area (Å²) >= 11 is 0. The van der Waals surface area contributed by atoms with Crippen molar-refractivity contribution in [3.05, 3.63) is 29.8 Å². The van der Waals surface area contributed by atoms with Crippen LogP contribution in [0.25, 0.3) is 0 Å². The second kappa shape index (κ2) is 8.13. The first-order valence-electron chi connectivity index (χ1n) is 6.66. The van der Waals surface area contributed by atoms with Crippen LogP contribution in [0, 0.1) is 6.92 Å². The van der Waals surface area contributed by atoms with Crippen LogP contribution >= 0.6 is 0 Å². The van der Waals surface area contributed by atoms with Crippen LogP contribution in [0.3, 0.4) is 0 Å². The van der Waals surface area contributed by atoms with Gasteiger partial charge in [0.25, 0.3) is 0 Å². The summed E-state index contributed by atoms with van der Waals surface area (Å²) in [6.07, 6.45) is 3.77. The topological polar surface area (TPSA) is 21.3 Å². The summed E-state index contributed by atoms with van der Waals surface area (Å²) in [7, 11) is 0. The van der Waals surface area contributed by atoms with Crippen LogP contribution in [0.15, 0.2) is 24.3 Å². The van der Waals surface area contributed by atoms with E-state index in [2.05, 4.69) is 38.2 Å². The van der Waals surface area contributed by atoms with Crippen molar-refractivity contribution in [1.29, 1.82) is 0 Å². The number of hydrogen-bond donors (Lipinski definition) is 1. The number of nitrogens with one attached hydrogen (secondary N) is 1. The Kier molecular flexibility index (Phi) is 6.71. The Morgan fingerprint density at radius 2 is 2.12 bits per heavy atom. The van der Waals surface area contributed by atoms with Gasteiger partial charge in [0.1, 0.15) is 5.75 Å². The van der Waals surface area contributed by atoms with Crippen LogP contribution in [-0.4, -0.2) is 19.2 Å². The minimum absolute atomic E-state index is 0.292. The molecular formula is C15H25NO. The molecule has 2 heteroatoms. The van der Waals surface area contributed by atoms with E-state index in [1.54, 1.807) is 0 Å². The van der Waals surface area contributed by atoms with Crippen molar-refractivity contribution >= 4 is 0 Å². The standard InChI is InChI=1S/C15H25NO/c1-4-10-16-11-6-8-14(3)17-15-9-5-7-13(2)12-15/h5,7,9,12,14,16H,4,6,8,10-11H2,1-3H3. The number of benzene rings is 1. The molecule has 0 spiro atoms. The molecule has 1 aromatic rings. The first-order chi connectivity index (χ1) is 8.22. The fraction of sp³-hybridized carbons (Fsp3) is 0.600. The Bertz CT molecular complexity index is 312. The predicted molar refractivity (Wildman–Crippen MR) is 73.7 cm³/mol. The molecule has 17 heavy (non-hydrogen) atoms. The molecular weight excluding hydrogens is 210 g/mol. The zero-order chi connectivity index (χ0) is 12.5. The highest BCUT2D eigenvalue weighted by Crippen LogP contribution is 2.15. The molecule has 1 aromatic carbocycles. The van der Waals surface area contributed by atoms with Gasteiger partial charge in [-0.3, -0.25) is 0 Å². The van der Waals surface area contributed by atoms with Crippen molar-refractivity contribution in [3.8, 4) is 5.75 Å². The van der Waals surface area contributed by atoms with E-state index in [-0.39, 0.29) is 0 Å². The minimum atomic E-state index is 0.292. The van der Waals surface area contributed by atoms with E-state index in [0.29, 0.717) is 6.10 Å². The number of hydrogen-bond acceptors (Lipinski definition) is 2. The average molecular weight is 235 g/mol. The van der Waals surface area contributed by atoms with Crippen LogP contribution in [0.4, 0.5) is 0 Å². The van der Waals surface area contributed by atoms with E-state index in [4.69, 9.17) is 4.74 Å². The molecule has 0 saturated heterocycles. The van der Waals surface area contributed by atoms with Gasteiger partial charge in [-0.1, -0.05) is 19.1 Å². The molecule has 0 aliphatic carbocycles. The summed E-state index contributed by atoms with van der Waals surface area (Å²) in [6, 6.07) is 8.25. The minimum Gasteiger partial charge on any atom is -0.491 e. The van der Waals surface area contributed by atoms with Gasteiger partial charge in [-0.25, -0.2) is 0 Å². The molecule has 0 fully saturated rings. The molecule has 0 radical (unpaired) electrons. The highest BCUT2D eigenvalue weighted by atomic mass is 16.5. The average Bonchev–Trinajstić information content (AvgIpc) is 2.29. The molecule has 0 aliphatic rings. The van der Waals surface area contributed by atoms with Gasteiger partial charge in [-0.15, -0.1) is 0 Å². The molecule has 0 amide bonds. The largest absolute Gasteiger partial charge is 0.491 e.